The molecule has 0 radical (unpaired) electrons. The summed E-state index contributed by atoms with van der Waals surface area (Å²) in [7, 11) is 3.11. The van der Waals surface area contributed by atoms with Crippen molar-refractivity contribution in [1.82, 2.24) is 0 Å². The molecule has 3 aromatic rings. The van der Waals surface area contributed by atoms with Gasteiger partial charge in [0.1, 0.15) is 0 Å². The lowest BCUT2D eigenvalue weighted by Crippen LogP contribution is -2.29. The molecule has 3 aromatic carbocycles. The van der Waals surface area contributed by atoms with Crippen LogP contribution in [0.2, 0.25) is 5.02 Å². The number of para-hydroxylation sites is 1. The van der Waals surface area contributed by atoms with Crippen molar-refractivity contribution < 1.29 is 23.9 Å². The van der Waals surface area contributed by atoms with Crippen molar-refractivity contribution in [2.45, 2.75) is 12.8 Å². The van der Waals surface area contributed by atoms with Crippen molar-refractivity contribution in [3.05, 3.63) is 82.4 Å². The molecule has 1 aliphatic rings. The van der Waals surface area contributed by atoms with E-state index < -0.39 is 11.8 Å². The van der Waals surface area contributed by atoms with Gasteiger partial charge in [0, 0.05) is 12.1 Å². The molecule has 1 N–H and O–H groups in total. The van der Waals surface area contributed by atoms with Crippen molar-refractivity contribution in [2.24, 2.45) is 0 Å². The van der Waals surface area contributed by atoms with E-state index in [4.69, 9.17) is 21.1 Å². The number of nitrogens with one attached hydrogen (secondary N) is 1. The number of amides is 3. The summed E-state index contributed by atoms with van der Waals surface area (Å²) in [5.41, 5.74) is 2.25. The van der Waals surface area contributed by atoms with Gasteiger partial charge < -0.3 is 14.8 Å². The Labute approximate surface area is 195 Å². The lowest BCUT2D eigenvalue weighted by atomic mass is 10.1. The van der Waals surface area contributed by atoms with Crippen LogP contribution in [0.3, 0.4) is 0 Å². The van der Waals surface area contributed by atoms with Crippen LogP contribution in [0.25, 0.3) is 0 Å². The minimum Gasteiger partial charge on any atom is -0.493 e. The van der Waals surface area contributed by atoms with Gasteiger partial charge >= 0.3 is 0 Å². The number of anilines is 2. The average molecular weight is 465 g/mol. The van der Waals surface area contributed by atoms with Crippen LogP contribution in [0.5, 0.6) is 11.5 Å². The van der Waals surface area contributed by atoms with Crippen LogP contribution < -0.4 is 19.7 Å². The first-order valence-corrected chi connectivity index (χ1v) is 10.6. The number of carbonyl (C=O) groups is 3. The smallest absolute Gasteiger partial charge is 0.266 e. The number of benzene rings is 3. The average Bonchev–Trinajstić information content (AvgIpc) is 3.07. The fourth-order valence-electron chi connectivity index (χ4n) is 3.80. The Morgan fingerprint density at radius 3 is 2.24 bits per heavy atom. The molecular formula is C25H21ClN2O5. The number of carbonyl (C=O) groups excluding carboxylic acids is 3. The Balaban J connectivity index is 1.45. The first kappa shape index (κ1) is 22.4. The molecule has 0 saturated carbocycles. The summed E-state index contributed by atoms with van der Waals surface area (Å²) < 4.78 is 10.7. The van der Waals surface area contributed by atoms with Crippen LogP contribution in [0, 0.1) is 0 Å². The fourth-order valence-corrected chi connectivity index (χ4v) is 4.06. The molecule has 0 bridgehead atoms. The molecule has 0 aliphatic carbocycles. The number of rotatable bonds is 7. The minimum atomic E-state index is -0.429. The summed E-state index contributed by atoms with van der Waals surface area (Å²) in [5, 5.41) is 2.97. The Kier molecular flexibility index (Phi) is 6.33. The van der Waals surface area contributed by atoms with E-state index in [1.54, 1.807) is 56.7 Å². The van der Waals surface area contributed by atoms with Crippen molar-refractivity contribution in [2.75, 3.05) is 24.4 Å². The van der Waals surface area contributed by atoms with E-state index >= 15 is 0 Å². The molecule has 0 spiro atoms. The summed E-state index contributed by atoms with van der Waals surface area (Å²) >= 11 is 6.38. The second kappa shape index (κ2) is 9.34. The second-order valence-corrected chi connectivity index (χ2v) is 7.77. The largest absolute Gasteiger partial charge is 0.493 e. The molecule has 3 amide bonds. The van der Waals surface area contributed by atoms with E-state index in [0.29, 0.717) is 34.7 Å². The molecule has 0 unspecified atom stereocenters. The Bertz CT molecular complexity index is 1220. The van der Waals surface area contributed by atoms with Crippen LogP contribution in [-0.4, -0.2) is 31.9 Å². The van der Waals surface area contributed by atoms with Gasteiger partial charge in [-0.1, -0.05) is 35.9 Å². The first-order chi connectivity index (χ1) is 15.9. The number of methoxy groups -OCH3 is 2. The predicted octanol–water partition coefficient (Wildman–Crippen LogP) is 4.73. The van der Waals surface area contributed by atoms with Crippen molar-refractivity contribution in [3.8, 4) is 11.5 Å². The number of hydrogen-bond donors (Lipinski definition) is 1. The molecule has 0 fully saturated rings. The molecule has 7 nitrogen and oxygen atoms in total. The highest BCUT2D eigenvalue weighted by atomic mass is 35.5. The fraction of sp³-hybridized carbons (Fsp3) is 0.160. The lowest BCUT2D eigenvalue weighted by Gasteiger charge is -2.17. The third kappa shape index (κ3) is 4.27. The van der Waals surface area contributed by atoms with Gasteiger partial charge in [-0.05, 0) is 48.4 Å². The molecule has 1 aliphatic heterocycles. The number of ether oxygens (including phenoxy) is 2. The van der Waals surface area contributed by atoms with Gasteiger partial charge in [-0.3, -0.25) is 14.4 Å². The molecule has 33 heavy (non-hydrogen) atoms. The lowest BCUT2D eigenvalue weighted by molar-refractivity contribution is -0.116. The summed E-state index contributed by atoms with van der Waals surface area (Å²) in [4.78, 5) is 38.9. The van der Waals surface area contributed by atoms with Crippen molar-refractivity contribution in [3.63, 3.8) is 0 Å². The monoisotopic (exact) mass is 464 g/mol. The van der Waals surface area contributed by atoms with Gasteiger partial charge in [-0.15, -0.1) is 0 Å². The summed E-state index contributed by atoms with van der Waals surface area (Å²) in [5.74, 6) is 0.125. The SMILES string of the molecule is COc1cccc(CCC(=O)Nc2ccc(N3C(=O)c4ccccc4C3=O)c(Cl)c2)c1OC. The molecule has 0 saturated heterocycles. The van der Waals surface area contributed by atoms with E-state index in [1.807, 2.05) is 12.1 Å². The zero-order valence-electron chi connectivity index (χ0n) is 18.1. The molecule has 168 valence electrons. The van der Waals surface area contributed by atoms with Crippen LogP contribution in [0.15, 0.2) is 60.7 Å². The van der Waals surface area contributed by atoms with E-state index in [-0.39, 0.29) is 23.0 Å². The quantitative estimate of drug-likeness (QED) is 0.511. The third-order valence-corrected chi connectivity index (χ3v) is 5.68. The number of halogens is 1. The van der Waals surface area contributed by atoms with Crippen molar-refractivity contribution in [1.29, 1.82) is 0 Å². The van der Waals surface area contributed by atoms with E-state index in [1.165, 1.54) is 6.07 Å². The van der Waals surface area contributed by atoms with Gasteiger partial charge in [0.25, 0.3) is 11.8 Å². The predicted molar refractivity (Wildman–Crippen MR) is 126 cm³/mol. The number of aryl methyl sites for hydroxylation is 1. The van der Waals surface area contributed by atoms with E-state index in [2.05, 4.69) is 5.32 Å². The van der Waals surface area contributed by atoms with Crippen LogP contribution in [-0.2, 0) is 11.2 Å². The van der Waals surface area contributed by atoms with Gasteiger partial charge in [-0.2, -0.15) is 0 Å². The van der Waals surface area contributed by atoms with Crippen molar-refractivity contribution >= 4 is 40.7 Å². The first-order valence-electron chi connectivity index (χ1n) is 10.2. The minimum absolute atomic E-state index is 0.178. The Morgan fingerprint density at radius 1 is 0.939 bits per heavy atom. The maximum absolute atomic E-state index is 12.7. The molecular weight excluding hydrogens is 444 g/mol. The zero-order chi connectivity index (χ0) is 23.5. The van der Waals surface area contributed by atoms with Gasteiger partial charge in [0.2, 0.25) is 5.91 Å². The standard InChI is InChI=1S/C25H21ClN2O5/c1-32-21-9-5-6-15(23(21)33-2)10-13-22(29)27-16-11-12-20(19(26)14-16)28-24(30)17-7-3-4-8-18(17)25(28)31/h3-9,11-12,14H,10,13H2,1-2H3,(H,27,29). The zero-order valence-corrected chi connectivity index (χ0v) is 18.8. The van der Waals surface area contributed by atoms with Crippen LogP contribution in [0.4, 0.5) is 11.4 Å². The molecule has 1 heterocycles. The van der Waals surface area contributed by atoms with Crippen LogP contribution >= 0.6 is 11.6 Å². The number of hydrogen-bond acceptors (Lipinski definition) is 5. The summed E-state index contributed by atoms with van der Waals surface area (Å²) in [6.45, 7) is 0. The maximum atomic E-state index is 12.7. The van der Waals surface area contributed by atoms with Gasteiger partial charge in [0.15, 0.2) is 11.5 Å². The topological polar surface area (TPSA) is 84.9 Å². The Morgan fingerprint density at radius 2 is 1.64 bits per heavy atom. The maximum Gasteiger partial charge on any atom is 0.266 e. The second-order valence-electron chi connectivity index (χ2n) is 7.36. The Hall–Kier alpha value is -3.84. The molecule has 0 atom stereocenters. The molecule has 0 aromatic heterocycles. The van der Waals surface area contributed by atoms with Gasteiger partial charge in [-0.25, -0.2) is 4.90 Å². The third-order valence-electron chi connectivity index (χ3n) is 5.37. The highest BCUT2D eigenvalue weighted by Crippen LogP contribution is 2.35. The summed E-state index contributed by atoms with van der Waals surface area (Å²) in [6, 6.07) is 16.8. The molecule has 4 rings (SSSR count). The van der Waals surface area contributed by atoms with Crippen LogP contribution in [0.1, 0.15) is 32.7 Å². The number of imide groups is 1. The van der Waals surface area contributed by atoms with Gasteiger partial charge in [0.05, 0.1) is 36.1 Å². The normalized spacial score (nSPS) is 12.5. The van der Waals surface area contributed by atoms with E-state index in [0.717, 1.165) is 10.5 Å². The molecule has 8 heteroatoms. The van der Waals surface area contributed by atoms with E-state index in [9.17, 15) is 14.4 Å². The highest BCUT2D eigenvalue weighted by Gasteiger charge is 2.37. The highest BCUT2D eigenvalue weighted by molar-refractivity contribution is 6.40. The summed E-state index contributed by atoms with van der Waals surface area (Å²) in [6.07, 6.45) is 0.661. The number of nitrogens with zero attached hydrogens (tertiary/aromatic N) is 1. The number of fused-ring (bicyclic) bond motifs is 1.